The highest BCUT2D eigenvalue weighted by Gasteiger charge is 2.34. The van der Waals surface area contributed by atoms with E-state index in [-0.39, 0.29) is 0 Å². The SMILES string of the molecule is CNCC1CCC1CC1CSc2ccccc21. The smallest absolute Gasteiger partial charge is 0.0107 e. The summed E-state index contributed by atoms with van der Waals surface area (Å²) in [6, 6.07) is 8.99. The molecule has 2 aliphatic rings. The molecule has 3 rings (SSSR count). The van der Waals surface area contributed by atoms with Crippen LogP contribution in [-0.4, -0.2) is 19.3 Å². The Kier molecular flexibility index (Phi) is 3.44. The minimum Gasteiger partial charge on any atom is -0.319 e. The number of rotatable bonds is 4. The van der Waals surface area contributed by atoms with E-state index in [1.165, 1.54) is 36.5 Å². The second-order valence-electron chi connectivity index (χ2n) is 5.44. The van der Waals surface area contributed by atoms with Crippen molar-refractivity contribution in [2.24, 2.45) is 11.8 Å². The first-order valence-corrected chi connectivity index (χ1v) is 7.73. The maximum absolute atomic E-state index is 3.34. The second kappa shape index (κ2) is 5.03. The zero-order valence-corrected chi connectivity index (χ0v) is 11.3. The van der Waals surface area contributed by atoms with Crippen LogP contribution in [0.5, 0.6) is 0 Å². The van der Waals surface area contributed by atoms with Gasteiger partial charge in [-0.1, -0.05) is 18.2 Å². The van der Waals surface area contributed by atoms with Crippen molar-refractivity contribution in [3.05, 3.63) is 29.8 Å². The molecule has 1 N–H and O–H groups in total. The van der Waals surface area contributed by atoms with Crippen LogP contribution in [0.25, 0.3) is 0 Å². The van der Waals surface area contributed by atoms with E-state index in [0.717, 1.165) is 17.8 Å². The summed E-state index contributed by atoms with van der Waals surface area (Å²) in [6.07, 6.45) is 4.30. The zero-order valence-electron chi connectivity index (χ0n) is 10.5. The third-order valence-electron chi connectivity index (χ3n) is 4.43. The number of thioether (sulfide) groups is 1. The summed E-state index contributed by atoms with van der Waals surface area (Å²) in [4.78, 5) is 1.53. The summed E-state index contributed by atoms with van der Waals surface area (Å²) < 4.78 is 0. The van der Waals surface area contributed by atoms with E-state index in [2.05, 4.69) is 48.4 Å². The zero-order chi connectivity index (χ0) is 11.7. The molecule has 1 aliphatic carbocycles. The van der Waals surface area contributed by atoms with Crippen LogP contribution in [0.3, 0.4) is 0 Å². The van der Waals surface area contributed by atoms with Gasteiger partial charge in [0.05, 0.1) is 0 Å². The number of hydrogen-bond acceptors (Lipinski definition) is 2. The molecular weight excluding hydrogens is 226 g/mol. The fourth-order valence-corrected chi connectivity index (χ4v) is 4.54. The van der Waals surface area contributed by atoms with Gasteiger partial charge in [0.25, 0.3) is 0 Å². The van der Waals surface area contributed by atoms with Gasteiger partial charge in [0.1, 0.15) is 0 Å². The second-order valence-corrected chi connectivity index (χ2v) is 6.50. The molecule has 1 fully saturated rings. The third kappa shape index (κ3) is 2.25. The van der Waals surface area contributed by atoms with Gasteiger partial charge in [-0.25, -0.2) is 0 Å². The van der Waals surface area contributed by atoms with Crippen LogP contribution >= 0.6 is 11.8 Å². The predicted molar refractivity (Wildman–Crippen MR) is 74.7 cm³/mol. The molecule has 0 amide bonds. The fraction of sp³-hybridized carbons (Fsp3) is 0.600. The summed E-state index contributed by atoms with van der Waals surface area (Å²) in [7, 11) is 2.08. The standard InChI is InChI=1S/C15H21NS/c1-16-9-12-7-6-11(12)8-13-10-17-15-5-3-2-4-14(13)15/h2-5,11-13,16H,6-10H2,1H3. The first-order valence-electron chi connectivity index (χ1n) is 6.75. The summed E-state index contributed by atoms with van der Waals surface area (Å²) in [5, 5.41) is 3.34. The van der Waals surface area contributed by atoms with Gasteiger partial charge in [-0.3, -0.25) is 0 Å². The van der Waals surface area contributed by atoms with Gasteiger partial charge in [-0.05, 0) is 62.2 Å². The highest BCUT2D eigenvalue weighted by molar-refractivity contribution is 7.99. The normalized spacial score (nSPS) is 31.0. The number of nitrogens with one attached hydrogen (secondary N) is 1. The molecule has 1 aromatic carbocycles. The lowest BCUT2D eigenvalue weighted by molar-refractivity contribution is 0.156. The van der Waals surface area contributed by atoms with E-state index in [1.54, 1.807) is 5.56 Å². The largest absolute Gasteiger partial charge is 0.319 e. The number of hydrogen-bond donors (Lipinski definition) is 1. The molecule has 17 heavy (non-hydrogen) atoms. The van der Waals surface area contributed by atoms with Gasteiger partial charge in [0.15, 0.2) is 0 Å². The van der Waals surface area contributed by atoms with Gasteiger partial charge in [0.2, 0.25) is 0 Å². The van der Waals surface area contributed by atoms with Gasteiger partial charge < -0.3 is 5.32 Å². The van der Waals surface area contributed by atoms with E-state index in [0.29, 0.717) is 0 Å². The Morgan fingerprint density at radius 2 is 2.06 bits per heavy atom. The molecule has 1 aliphatic heterocycles. The van der Waals surface area contributed by atoms with E-state index in [1.807, 2.05) is 0 Å². The molecule has 0 radical (unpaired) electrons. The molecule has 0 bridgehead atoms. The van der Waals surface area contributed by atoms with Gasteiger partial charge >= 0.3 is 0 Å². The van der Waals surface area contributed by atoms with Crippen LogP contribution in [0.2, 0.25) is 0 Å². The molecule has 1 saturated carbocycles. The minimum absolute atomic E-state index is 0.820. The van der Waals surface area contributed by atoms with Gasteiger partial charge in [-0.15, -0.1) is 11.8 Å². The predicted octanol–water partition coefficient (Wildman–Crippen LogP) is 3.51. The topological polar surface area (TPSA) is 12.0 Å². The average Bonchev–Trinajstić information content (AvgIpc) is 2.75. The highest BCUT2D eigenvalue weighted by atomic mass is 32.2. The molecule has 2 heteroatoms. The van der Waals surface area contributed by atoms with Crippen LogP contribution in [0.1, 0.15) is 30.7 Å². The maximum Gasteiger partial charge on any atom is 0.0107 e. The number of fused-ring (bicyclic) bond motifs is 1. The first-order chi connectivity index (χ1) is 8.38. The lowest BCUT2D eigenvalue weighted by atomic mass is 9.69. The van der Waals surface area contributed by atoms with Crippen LogP contribution < -0.4 is 5.32 Å². The Labute approximate surface area is 108 Å². The van der Waals surface area contributed by atoms with Crippen molar-refractivity contribution in [3.8, 4) is 0 Å². The van der Waals surface area contributed by atoms with Crippen molar-refractivity contribution in [2.45, 2.75) is 30.1 Å². The van der Waals surface area contributed by atoms with E-state index < -0.39 is 0 Å². The van der Waals surface area contributed by atoms with Crippen molar-refractivity contribution in [1.82, 2.24) is 5.32 Å². The van der Waals surface area contributed by atoms with E-state index >= 15 is 0 Å². The maximum atomic E-state index is 3.34. The van der Waals surface area contributed by atoms with Crippen LogP contribution in [0.4, 0.5) is 0 Å². The van der Waals surface area contributed by atoms with Crippen LogP contribution in [0, 0.1) is 11.8 Å². The summed E-state index contributed by atoms with van der Waals surface area (Å²) >= 11 is 2.05. The molecule has 3 atom stereocenters. The highest BCUT2D eigenvalue weighted by Crippen LogP contribution is 2.47. The molecule has 0 aromatic heterocycles. The first kappa shape index (κ1) is 11.6. The third-order valence-corrected chi connectivity index (χ3v) is 5.68. The fourth-order valence-electron chi connectivity index (χ4n) is 3.27. The van der Waals surface area contributed by atoms with Gasteiger partial charge in [-0.2, -0.15) is 0 Å². The lowest BCUT2D eigenvalue weighted by Crippen LogP contribution is -2.34. The molecule has 3 unspecified atom stereocenters. The van der Waals surface area contributed by atoms with E-state index in [9.17, 15) is 0 Å². The Morgan fingerprint density at radius 1 is 1.24 bits per heavy atom. The summed E-state index contributed by atoms with van der Waals surface area (Å²) in [5.74, 6) is 4.04. The summed E-state index contributed by atoms with van der Waals surface area (Å²) in [5.41, 5.74) is 1.62. The van der Waals surface area contributed by atoms with Crippen molar-refractivity contribution in [1.29, 1.82) is 0 Å². The van der Waals surface area contributed by atoms with Crippen molar-refractivity contribution >= 4 is 11.8 Å². The lowest BCUT2D eigenvalue weighted by Gasteiger charge is -2.38. The van der Waals surface area contributed by atoms with Crippen molar-refractivity contribution in [3.63, 3.8) is 0 Å². The van der Waals surface area contributed by atoms with Crippen molar-refractivity contribution < 1.29 is 0 Å². The Hall–Kier alpha value is -0.470. The number of benzene rings is 1. The molecule has 0 spiro atoms. The molecule has 92 valence electrons. The molecule has 0 saturated heterocycles. The van der Waals surface area contributed by atoms with Crippen LogP contribution in [-0.2, 0) is 0 Å². The summed E-state index contributed by atoms with van der Waals surface area (Å²) in [6.45, 7) is 1.21. The van der Waals surface area contributed by atoms with Gasteiger partial charge in [0, 0.05) is 10.6 Å². The molecule has 1 heterocycles. The molecule has 1 aromatic rings. The van der Waals surface area contributed by atoms with Crippen LogP contribution in [0.15, 0.2) is 29.2 Å². The minimum atomic E-state index is 0.820. The molecule has 1 nitrogen and oxygen atoms in total. The Bertz CT molecular complexity index is 390. The monoisotopic (exact) mass is 247 g/mol. The van der Waals surface area contributed by atoms with Crippen molar-refractivity contribution in [2.75, 3.05) is 19.3 Å². The molecular formula is C15H21NS. The Balaban J connectivity index is 1.64. The quantitative estimate of drug-likeness (QED) is 0.874. The Morgan fingerprint density at radius 3 is 2.82 bits per heavy atom. The van der Waals surface area contributed by atoms with E-state index in [4.69, 9.17) is 0 Å². The average molecular weight is 247 g/mol.